The summed E-state index contributed by atoms with van der Waals surface area (Å²) in [6.45, 7) is 4.19. The van der Waals surface area contributed by atoms with E-state index in [1.165, 1.54) is 5.69 Å². The van der Waals surface area contributed by atoms with Gasteiger partial charge in [0.1, 0.15) is 5.75 Å². The Balaban J connectivity index is 1.51. The molecule has 1 aliphatic heterocycles. The average Bonchev–Trinajstić information content (AvgIpc) is 2.69. The lowest BCUT2D eigenvalue weighted by Crippen LogP contribution is -2.26. The first-order valence-electron chi connectivity index (χ1n) is 9.40. The number of aromatic nitrogens is 2. The molecule has 0 radical (unpaired) electrons. The van der Waals surface area contributed by atoms with Crippen molar-refractivity contribution in [2.45, 2.75) is 13.3 Å². The van der Waals surface area contributed by atoms with Gasteiger partial charge in [0.2, 0.25) is 11.8 Å². The Hall–Kier alpha value is -3.54. The topological polar surface area (TPSA) is 76.3 Å². The van der Waals surface area contributed by atoms with E-state index in [1.807, 2.05) is 36.4 Å². The van der Waals surface area contributed by atoms with Gasteiger partial charge in [0.25, 0.3) is 0 Å². The van der Waals surface area contributed by atoms with Crippen molar-refractivity contribution in [2.24, 2.45) is 0 Å². The van der Waals surface area contributed by atoms with Crippen LogP contribution >= 0.6 is 0 Å². The molecule has 0 amide bonds. The molecule has 1 aliphatic rings. The van der Waals surface area contributed by atoms with E-state index < -0.39 is 0 Å². The summed E-state index contributed by atoms with van der Waals surface area (Å²) in [7, 11) is 0. The van der Waals surface area contributed by atoms with E-state index in [2.05, 4.69) is 45.3 Å². The zero-order chi connectivity index (χ0) is 19.3. The van der Waals surface area contributed by atoms with Crippen LogP contribution in [0, 0.1) is 0 Å². The maximum atomic E-state index is 5.97. The molecule has 4 rings (SSSR count). The van der Waals surface area contributed by atoms with E-state index in [0.717, 1.165) is 36.5 Å². The van der Waals surface area contributed by atoms with Crippen LogP contribution in [0.2, 0.25) is 0 Å². The van der Waals surface area contributed by atoms with E-state index in [4.69, 9.17) is 10.5 Å². The van der Waals surface area contributed by atoms with E-state index in [1.54, 1.807) is 12.3 Å². The van der Waals surface area contributed by atoms with Crippen LogP contribution in [0.1, 0.15) is 18.9 Å². The minimum atomic E-state index is 0.454. The normalized spacial score (nSPS) is 12.5. The molecule has 2 heterocycles. The summed E-state index contributed by atoms with van der Waals surface area (Å²) in [5.74, 6) is 1.68. The van der Waals surface area contributed by atoms with Crippen molar-refractivity contribution in [1.29, 1.82) is 0 Å². The van der Waals surface area contributed by atoms with Gasteiger partial charge in [-0.1, -0.05) is 25.1 Å². The molecule has 0 aliphatic carbocycles. The van der Waals surface area contributed by atoms with Crippen LogP contribution in [0.3, 0.4) is 0 Å². The fraction of sp³-hybridized carbons (Fsp3) is 0.182. The maximum Gasteiger partial charge on any atom is 0.230 e. The Labute approximate surface area is 164 Å². The van der Waals surface area contributed by atoms with Gasteiger partial charge < -0.3 is 20.7 Å². The summed E-state index contributed by atoms with van der Waals surface area (Å²) in [5.41, 5.74) is 9.71. The number of nitrogens with zero attached hydrogens (tertiary/aromatic N) is 3. The zero-order valence-corrected chi connectivity index (χ0v) is 15.8. The highest BCUT2D eigenvalue weighted by Gasteiger charge is 2.13. The van der Waals surface area contributed by atoms with Gasteiger partial charge >= 0.3 is 0 Å². The van der Waals surface area contributed by atoms with Crippen molar-refractivity contribution in [3.63, 3.8) is 0 Å². The van der Waals surface area contributed by atoms with Crippen molar-refractivity contribution >= 4 is 29.1 Å². The molecule has 3 aromatic rings. The number of nitrogens with one attached hydrogen (secondary N) is 1. The number of nitrogen functional groups attached to an aromatic ring is 1. The molecule has 6 nitrogen and oxygen atoms in total. The first-order valence-corrected chi connectivity index (χ1v) is 9.40. The van der Waals surface area contributed by atoms with Crippen LogP contribution in [0.15, 0.2) is 60.8 Å². The Morgan fingerprint density at radius 2 is 2.11 bits per heavy atom. The summed E-state index contributed by atoms with van der Waals surface area (Å²) in [4.78, 5) is 11.1. The monoisotopic (exact) mass is 373 g/mol. The number of benzene rings is 2. The standard InChI is InChI=1S/C22H23N5O/c1-2-12-27-13-4-5-16-14-19(8-9-20(16)27)28-21-10-11-24-22(26-21)25-18-7-3-6-17(23)15-18/h3-11,14-15H,2,12-13,23H2,1H3,(H,24,25,26). The van der Waals surface area contributed by atoms with Crippen molar-refractivity contribution in [3.05, 3.63) is 66.4 Å². The van der Waals surface area contributed by atoms with Crippen molar-refractivity contribution in [3.8, 4) is 11.6 Å². The number of hydrogen-bond donors (Lipinski definition) is 2. The number of ether oxygens (including phenoxy) is 1. The van der Waals surface area contributed by atoms with Crippen molar-refractivity contribution in [2.75, 3.05) is 29.0 Å². The van der Waals surface area contributed by atoms with Gasteiger partial charge in [-0.25, -0.2) is 4.98 Å². The summed E-state index contributed by atoms with van der Waals surface area (Å²) in [6.07, 6.45) is 7.11. The third-order valence-electron chi connectivity index (χ3n) is 4.45. The molecule has 0 fully saturated rings. The Kier molecular flexibility index (Phi) is 5.10. The minimum absolute atomic E-state index is 0.454. The second kappa shape index (κ2) is 8.00. The highest BCUT2D eigenvalue weighted by molar-refractivity contribution is 5.72. The van der Waals surface area contributed by atoms with E-state index in [0.29, 0.717) is 17.5 Å². The Morgan fingerprint density at radius 1 is 1.18 bits per heavy atom. The molecule has 6 heteroatoms. The van der Waals surface area contributed by atoms with Gasteiger partial charge in [-0.2, -0.15) is 4.98 Å². The van der Waals surface area contributed by atoms with Gasteiger partial charge in [0.05, 0.1) is 0 Å². The van der Waals surface area contributed by atoms with Crippen LogP contribution < -0.4 is 20.7 Å². The van der Waals surface area contributed by atoms with Gasteiger partial charge in [0, 0.05) is 48.0 Å². The molecule has 0 bridgehead atoms. The predicted molar refractivity (Wildman–Crippen MR) is 114 cm³/mol. The molecular formula is C22H23N5O. The van der Waals surface area contributed by atoms with Crippen LogP contribution in [0.25, 0.3) is 6.08 Å². The summed E-state index contributed by atoms with van der Waals surface area (Å²) >= 11 is 0. The fourth-order valence-electron chi connectivity index (χ4n) is 3.23. The summed E-state index contributed by atoms with van der Waals surface area (Å²) < 4.78 is 5.97. The lowest BCUT2D eigenvalue weighted by molar-refractivity contribution is 0.462. The molecule has 28 heavy (non-hydrogen) atoms. The number of nitrogens with two attached hydrogens (primary N) is 1. The second-order valence-corrected chi connectivity index (χ2v) is 6.64. The molecule has 142 valence electrons. The predicted octanol–water partition coefficient (Wildman–Crippen LogP) is 4.84. The highest BCUT2D eigenvalue weighted by atomic mass is 16.5. The zero-order valence-electron chi connectivity index (χ0n) is 15.8. The van der Waals surface area contributed by atoms with Gasteiger partial charge in [-0.05, 0) is 42.8 Å². The van der Waals surface area contributed by atoms with Gasteiger partial charge in [-0.15, -0.1) is 0 Å². The second-order valence-electron chi connectivity index (χ2n) is 6.64. The first-order chi connectivity index (χ1) is 13.7. The highest BCUT2D eigenvalue weighted by Crippen LogP contribution is 2.31. The van der Waals surface area contributed by atoms with Gasteiger partial charge in [0.15, 0.2) is 0 Å². The minimum Gasteiger partial charge on any atom is -0.439 e. The third-order valence-corrected chi connectivity index (χ3v) is 4.45. The van der Waals surface area contributed by atoms with Crippen LogP contribution in [0.5, 0.6) is 11.6 Å². The molecule has 0 atom stereocenters. The summed E-state index contributed by atoms with van der Waals surface area (Å²) in [6, 6.07) is 15.3. The number of fused-ring (bicyclic) bond motifs is 1. The van der Waals surface area contributed by atoms with E-state index in [-0.39, 0.29) is 0 Å². The van der Waals surface area contributed by atoms with Crippen LogP contribution in [-0.4, -0.2) is 23.1 Å². The molecule has 0 unspecified atom stereocenters. The first kappa shape index (κ1) is 17.9. The largest absolute Gasteiger partial charge is 0.439 e. The lowest BCUT2D eigenvalue weighted by atomic mass is 10.1. The molecule has 0 saturated heterocycles. The molecule has 0 saturated carbocycles. The number of hydrogen-bond acceptors (Lipinski definition) is 6. The van der Waals surface area contributed by atoms with Crippen molar-refractivity contribution < 1.29 is 4.74 Å². The maximum absolute atomic E-state index is 5.97. The third kappa shape index (κ3) is 4.06. The van der Waals surface area contributed by atoms with Gasteiger partial charge in [-0.3, -0.25) is 0 Å². The Bertz CT molecular complexity index is 1000. The summed E-state index contributed by atoms with van der Waals surface area (Å²) in [5, 5.41) is 3.14. The number of anilines is 4. The fourth-order valence-corrected chi connectivity index (χ4v) is 3.23. The molecule has 3 N–H and O–H groups in total. The van der Waals surface area contributed by atoms with Crippen molar-refractivity contribution in [1.82, 2.24) is 9.97 Å². The average molecular weight is 373 g/mol. The number of rotatable bonds is 6. The molecule has 0 spiro atoms. The molecule has 1 aromatic heterocycles. The van der Waals surface area contributed by atoms with E-state index in [9.17, 15) is 0 Å². The van der Waals surface area contributed by atoms with Crippen LogP contribution in [-0.2, 0) is 0 Å². The lowest BCUT2D eigenvalue weighted by Gasteiger charge is -2.28. The molecule has 2 aromatic carbocycles. The smallest absolute Gasteiger partial charge is 0.230 e. The van der Waals surface area contributed by atoms with E-state index >= 15 is 0 Å². The molecular weight excluding hydrogens is 350 g/mol. The van der Waals surface area contributed by atoms with Crippen LogP contribution in [0.4, 0.5) is 23.0 Å². The Morgan fingerprint density at radius 3 is 2.96 bits per heavy atom. The SMILES string of the molecule is CCCN1CC=Cc2cc(Oc3ccnc(Nc4cccc(N)c4)n3)ccc21. The quantitative estimate of drug-likeness (QED) is 0.602.